The van der Waals surface area contributed by atoms with E-state index in [1.807, 2.05) is 25.2 Å². The minimum atomic E-state index is -0.368. The van der Waals surface area contributed by atoms with Crippen molar-refractivity contribution in [3.63, 3.8) is 0 Å². The maximum absolute atomic E-state index is 12.7. The number of carbonyl (C=O) groups excluding carboxylic acids is 2. The van der Waals surface area contributed by atoms with Gasteiger partial charge >= 0.3 is 0 Å². The zero-order valence-corrected chi connectivity index (χ0v) is 16.2. The number of carbonyl (C=O) groups is 2. The summed E-state index contributed by atoms with van der Waals surface area (Å²) in [6.45, 7) is 4.55. The number of piperazine rings is 1. The summed E-state index contributed by atoms with van der Waals surface area (Å²) in [4.78, 5) is 29.1. The Bertz CT molecular complexity index is 616. The maximum atomic E-state index is 12.7. The van der Waals surface area contributed by atoms with Crippen LogP contribution >= 0.6 is 0 Å². The summed E-state index contributed by atoms with van der Waals surface area (Å²) >= 11 is 0. The van der Waals surface area contributed by atoms with Gasteiger partial charge in [-0.2, -0.15) is 0 Å². The van der Waals surface area contributed by atoms with Crippen LogP contribution in [0, 0.1) is 5.92 Å². The second kappa shape index (κ2) is 9.85. The van der Waals surface area contributed by atoms with Crippen molar-refractivity contribution < 1.29 is 14.3 Å². The molecule has 2 saturated heterocycles. The van der Waals surface area contributed by atoms with E-state index in [1.165, 1.54) is 5.56 Å². The molecule has 2 aliphatic rings. The molecule has 2 fully saturated rings. The molecule has 6 heteroatoms. The topological polar surface area (TPSA) is 61.9 Å². The lowest BCUT2D eigenvalue weighted by Crippen LogP contribution is -2.57. The maximum Gasteiger partial charge on any atom is 0.237 e. The van der Waals surface area contributed by atoms with Crippen LogP contribution in [0.5, 0.6) is 0 Å². The molecule has 0 saturated carbocycles. The van der Waals surface area contributed by atoms with E-state index in [4.69, 9.17) is 4.74 Å². The van der Waals surface area contributed by atoms with E-state index in [2.05, 4.69) is 22.3 Å². The van der Waals surface area contributed by atoms with Crippen LogP contribution in [0.15, 0.2) is 30.3 Å². The van der Waals surface area contributed by atoms with E-state index in [0.717, 1.165) is 52.1 Å². The molecule has 2 heterocycles. The standard InChI is InChI=1S/C21H31N3O3/c1-23(16-18-8-13-27-14-9-18)20(25)15-19-21(26)22-10-12-24(19)11-7-17-5-3-2-4-6-17/h2-6,18-19H,7-16H2,1H3,(H,22,26). The molecule has 2 amide bonds. The average Bonchev–Trinajstić information content (AvgIpc) is 2.70. The SMILES string of the molecule is CN(CC1CCOCC1)C(=O)CC1C(=O)NCCN1CCc1ccccc1. The number of nitrogens with zero attached hydrogens (tertiary/aromatic N) is 2. The molecular weight excluding hydrogens is 342 g/mol. The Balaban J connectivity index is 1.54. The first-order valence-electron chi connectivity index (χ1n) is 10.0. The number of amides is 2. The number of rotatable bonds is 7. The van der Waals surface area contributed by atoms with Gasteiger partial charge in [-0.15, -0.1) is 0 Å². The molecule has 1 unspecified atom stereocenters. The molecule has 1 atom stereocenters. The monoisotopic (exact) mass is 373 g/mol. The van der Waals surface area contributed by atoms with Crippen LogP contribution in [0.1, 0.15) is 24.8 Å². The Morgan fingerprint density at radius 1 is 1.26 bits per heavy atom. The van der Waals surface area contributed by atoms with Crippen molar-refractivity contribution in [1.29, 1.82) is 0 Å². The predicted octanol–water partition coefficient (Wildman–Crippen LogP) is 1.30. The molecule has 0 bridgehead atoms. The first kappa shape index (κ1) is 19.8. The molecule has 148 valence electrons. The van der Waals surface area contributed by atoms with Crippen molar-refractivity contribution in [2.75, 3.05) is 46.4 Å². The van der Waals surface area contributed by atoms with Gasteiger partial charge in [0.2, 0.25) is 11.8 Å². The predicted molar refractivity (Wildman–Crippen MR) is 104 cm³/mol. The summed E-state index contributed by atoms with van der Waals surface area (Å²) in [7, 11) is 1.85. The van der Waals surface area contributed by atoms with Gasteiger partial charge in [0.05, 0.1) is 12.5 Å². The van der Waals surface area contributed by atoms with Gasteiger partial charge in [0.25, 0.3) is 0 Å². The fourth-order valence-corrected chi connectivity index (χ4v) is 3.91. The highest BCUT2D eigenvalue weighted by Gasteiger charge is 2.32. The number of ether oxygens (including phenoxy) is 1. The van der Waals surface area contributed by atoms with Crippen molar-refractivity contribution in [1.82, 2.24) is 15.1 Å². The second-order valence-corrected chi connectivity index (χ2v) is 7.61. The third kappa shape index (κ3) is 5.78. The first-order chi connectivity index (χ1) is 13.1. The fourth-order valence-electron chi connectivity index (χ4n) is 3.91. The third-order valence-electron chi connectivity index (χ3n) is 5.64. The van der Waals surface area contributed by atoms with Gasteiger partial charge in [-0.05, 0) is 30.7 Å². The van der Waals surface area contributed by atoms with Gasteiger partial charge in [-0.1, -0.05) is 30.3 Å². The summed E-state index contributed by atoms with van der Waals surface area (Å²) in [6, 6.07) is 9.91. The van der Waals surface area contributed by atoms with E-state index in [9.17, 15) is 9.59 Å². The normalized spacial score (nSPS) is 21.7. The molecule has 1 aromatic carbocycles. The summed E-state index contributed by atoms with van der Waals surface area (Å²) in [5, 5.41) is 2.92. The molecule has 0 aromatic heterocycles. The van der Waals surface area contributed by atoms with Gasteiger partial charge in [0.1, 0.15) is 0 Å². The Morgan fingerprint density at radius 3 is 2.74 bits per heavy atom. The molecule has 0 aliphatic carbocycles. The van der Waals surface area contributed by atoms with Crippen LogP contribution < -0.4 is 5.32 Å². The summed E-state index contributed by atoms with van der Waals surface area (Å²) < 4.78 is 5.39. The first-order valence-corrected chi connectivity index (χ1v) is 10.0. The minimum absolute atomic E-state index is 0.0258. The summed E-state index contributed by atoms with van der Waals surface area (Å²) in [5.41, 5.74) is 1.25. The number of hydrogen-bond acceptors (Lipinski definition) is 4. The van der Waals surface area contributed by atoms with Crippen molar-refractivity contribution in [3.05, 3.63) is 35.9 Å². The van der Waals surface area contributed by atoms with Crippen LogP contribution in [0.4, 0.5) is 0 Å². The Hall–Kier alpha value is -1.92. The van der Waals surface area contributed by atoms with E-state index >= 15 is 0 Å². The van der Waals surface area contributed by atoms with Crippen LogP contribution in [0.2, 0.25) is 0 Å². The summed E-state index contributed by atoms with van der Waals surface area (Å²) in [5.74, 6) is 0.525. The minimum Gasteiger partial charge on any atom is -0.381 e. The molecule has 1 aromatic rings. The average molecular weight is 373 g/mol. The largest absolute Gasteiger partial charge is 0.381 e. The molecule has 27 heavy (non-hydrogen) atoms. The zero-order valence-electron chi connectivity index (χ0n) is 16.2. The number of nitrogens with one attached hydrogen (secondary N) is 1. The lowest BCUT2D eigenvalue weighted by molar-refractivity contribution is -0.138. The Morgan fingerprint density at radius 2 is 2.00 bits per heavy atom. The lowest BCUT2D eigenvalue weighted by Gasteiger charge is -2.36. The zero-order chi connectivity index (χ0) is 19.1. The second-order valence-electron chi connectivity index (χ2n) is 7.61. The molecule has 0 spiro atoms. The van der Waals surface area contributed by atoms with E-state index < -0.39 is 0 Å². The van der Waals surface area contributed by atoms with Crippen LogP contribution in [0.25, 0.3) is 0 Å². The van der Waals surface area contributed by atoms with Crippen molar-refractivity contribution in [3.8, 4) is 0 Å². The van der Waals surface area contributed by atoms with Gasteiger partial charge in [-0.3, -0.25) is 14.5 Å². The van der Waals surface area contributed by atoms with Crippen LogP contribution in [-0.2, 0) is 20.7 Å². The van der Waals surface area contributed by atoms with Crippen LogP contribution in [-0.4, -0.2) is 74.1 Å². The molecule has 2 aliphatic heterocycles. The molecule has 3 rings (SSSR count). The quantitative estimate of drug-likeness (QED) is 0.783. The third-order valence-corrected chi connectivity index (χ3v) is 5.64. The van der Waals surface area contributed by atoms with Gasteiger partial charge in [-0.25, -0.2) is 0 Å². The lowest BCUT2D eigenvalue weighted by atomic mass is 9.99. The highest BCUT2D eigenvalue weighted by molar-refractivity contribution is 5.88. The summed E-state index contributed by atoms with van der Waals surface area (Å²) in [6.07, 6.45) is 3.15. The van der Waals surface area contributed by atoms with Crippen LogP contribution in [0.3, 0.4) is 0 Å². The fraction of sp³-hybridized carbons (Fsp3) is 0.619. The molecule has 1 N–H and O–H groups in total. The van der Waals surface area contributed by atoms with Crippen molar-refractivity contribution in [2.45, 2.75) is 31.7 Å². The molecular formula is C21H31N3O3. The highest BCUT2D eigenvalue weighted by atomic mass is 16.5. The molecule has 0 radical (unpaired) electrons. The van der Waals surface area contributed by atoms with Crippen molar-refractivity contribution >= 4 is 11.8 Å². The Kier molecular flexibility index (Phi) is 7.24. The highest BCUT2D eigenvalue weighted by Crippen LogP contribution is 2.17. The number of benzene rings is 1. The van der Waals surface area contributed by atoms with Gasteiger partial charge in [0, 0.05) is 46.4 Å². The van der Waals surface area contributed by atoms with Gasteiger partial charge in [0.15, 0.2) is 0 Å². The van der Waals surface area contributed by atoms with E-state index in [0.29, 0.717) is 12.5 Å². The number of hydrogen-bond donors (Lipinski definition) is 1. The van der Waals surface area contributed by atoms with Crippen molar-refractivity contribution in [2.24, 2.45) is 5.92 Å². The smallest absolute Gasteiger partial charge is 0.237 e. The van der Waals surface area contributed by atoms with E-state index in [1.54, 1.807) is 4.90 Å². The van der Waals surface area contributed by atoms with E-state index in [-0.39, 0.29) is 24.3 Å². The Labute approximate surface area is 161 Å². The molecule has 6 nitrogen and oxygen atoms in total. The van der Waals surface area contributed by atoms with Gasteiger partial charge < -0.3 is 15.0 Å².